The summed E-state index contributed by atoms with van der Waals surface area (Å²) in [5.41, 5.74) is 15.0. The van der Waals surface area contributed by atoms with Gasteiger partial charge in [0.2, 0.25) is 11.7 Å². The van der Waals surface area contributed by atoms with Gasteiger partial charge in [-0.25, -0.2) is 4.79 Å². The molecule has 0 saturated heterocycles. The number of anilines is 1. The number of carboxylic acid groups (broad SMARTS) is 1. The van der Waals surface area contributed by atoms with Crippen LogP contribution in [0.15, 0.2) is 65.1 Å². The van der Waals surface area contributed by atoms with E-state index >= 15 is 0 Å². The molecule has 7 nitrogen and oxygen atoms in total. The summed E-state index contributed by atoms with van der Waals surface area (Å²) in [6, 6.07) is 17.6. The van der Waals surface area contributed by atoms with Crippen LogP contribution in [0.25, 0.3) is 22.1 Å². The summed E-state index contributed by atoms with van der Waals surface area (Å²) in [7, 11) is 0. The maximum absolute atomic E-state index is 12.9. The van der Waals surface area contributed by atoms with E-state index in [-0.39, 0.29) is 28.5 Å². The highest BCUT2D eigenvalue weighted by Crippen LogP contribution is 2.34. The second-order valence-electron chi connectivity index (χ2n) is 7.66. The summed E-state index contributed by atoms with van der Waals surface area (Å²) in [5.74, 6) is -3.55. The second-order valence-corrected chi connectivity index (χ2v) is 8.50. The predicted octanol–water partition coefficient (Wildman–Crippen LogP) is 5.88. The zero-order valence-corrected chi connectivity index (χ0v) is 20.1. The summed E-state index contributed by atoms with van der Waals surface area (Å²) in [5, 5.41) is 8.40. The summed E-state index contributed by atoms with van der Waals surface area (Å²) in [6.07, 6.45) is -4.93. The van der Waals surface area contributed by atoms with Gasteiger partial charge in [0.05, 0.1) is 17.1 Å². The third-order valence-electron chi connectivity index (χ3n) is 4.99. The highest BCUT2D eigenvalue weighted by atomic mass is 35.5. The Morgan fingerprint density at radius 2 is 1.59 bits per heavy atom. The number of furan rings is 1. The lowest BCUT2D eigenvalue weighted by molar-refractivity contribution is -0.192. The maximum Gasteiger partial charge on any atom is 0.490 e. The van der Waals surface area contributed by atoms with Crippen molar-refractivity contribution in [2.45, 2.75) is 12.6 Å². The molecule has 12 heteroatoms. The molecule has 0 bridgehead atoms. The second kappa shape index (κ2) is 10.9. The number of carbonyl (C=O) groups is 3. The van der Waals surface area contributed by atoms with E-state index < -0.39 is 23.8 Å². The van der Waals surface area contributed by atoms with E-state index in [1.54, 1.807) is 18.2 Å². The summed E-state index contributed by atoms with van der Waals surface area (Å²) < 4.78 is 37.6. The monoisotopic (exact) mass is 552 g/mol. The molecule has 0 fully saturated rings. The molecule has 192 valence electrons. The van der Waals surface area contributed by atoms with Gasteiger partial charge in [0.1, 0.15) is 5.58 Å². The molecule has 4 aromatic rings. The van der Waals surface area contributed by atoms with Crippen LogP contribution in [0.1, 0.15) is 21.7 Å². The van der Waals surface area contributed by atoms with E-state index in [9.17, 15) is 22.8 Å². The number of halogens is 5. The van der Waals surface area contributed by atoms with Gasteiger partial charge in [-0.05, 0) is 47.0 Å². The highest BCUT2D eigenvalue weighted by Gasteiger charge is 2.38. The number of nitrogen functional groups attached to an aromatic ring is 1. The van der Waals surface area contributed by atoms with Crippen LogP contribution in [0.2, 0.25) is 10.0 Å². The van der Waals surface area contributed by atoms with Crippen molar-refractivity contribution >= 4 is 57.5 Å². The van der Waals surface area contributed by atoms with Gasteiger partial charge in [-0.1, -0.05) is 53.5 Å². The number of nitrogens with two attached hydrogens (primary N) is 2. The van der Waals surface area contributed by atoms with E-state index in [4.69, 9.17) is 49.0 Å². The van der Waals surface area contributed by atoms with Gasteiger partial charge in [-0.3, -0.25) is 9.59 Å². The number of fused-ring (bicyclic) bond motifs is 1. The van der Waals surface area contributed by atoms with E-state index in [1.807, 2.05) is 30.3 Å². The van der Waals surface area contributed by atoms with E-state index in [1.165, 1.54) is 12.1 Å². The van der Waals surface area contributed by atoms with E-state index in [0.29, 0.717) is 16.0 Å². The van der Waals surface area contributed by atoms with Crippen molar-refractivity contribution in [3.8, 4) is 11.1 Å². The Morgan fingerprint density at radius 1 is 0.946 bits per heavy atom. The fourth-order valence-corrected chi connectivity index (χ4v) is 3.82. The minimum atomic E-state index is -5.08. The molecule has 3 aromatic carbocycles. The number of carboxylic acids is 1. The average molecular weight is 553 g/mol. The third-order valence-corrected chi connectivity index (χ3v) is 5.54. The predicted molar refractivity (Wildman–Crippen MR) is 133 cm³/mol. The molecule has 37 heavy (non-hydrogen) atoms. The Labute approximate surface area is 217 Å². The first-order chi connectivity index (χ1) is 17.3. The van der Waals surface area contributed by atoms with Crippen LogP contribution >= 0.6 is 23.2 Å². The Bertz CT molecular complexity index is 1520. The minimum absolute atomic E-state index is 0.0221. The number of ketones is 1. The Balaban J connectivity index is 0.000000479. The van der Waals surface area contributed by atoms with Crippen LogP contribution in [0.5, 0.6) is 0 Å². The van der Waals surface area contributed by atoms with Gasteiger partial charge < -0.3 is 21.0 Å². The molecule has 0 aliphatic carbocycles. The first-order valence-electron chi connectivity index (χ1n) is 10.3. The lowest BCUT2D eigenvalue weighted by Crippen LogP contribution is -2.21. The Hall–Kier alpha value is -4.02. The number of hydrogen-bond donors (Lipinski definition) is 3. The van der Waals surface area contributed by atoms with Crippen molar-refractivity contribution in [2.75, 3.05) is 5.73 Å². The fourth-order valence-electron chi connectivity index (χ4n) is 3.32. The first kappa shape index (κ1) is 27.6. The number of benzene rings is 3. The summed E-state index contributed by atoms with van der Waals surface area (Å²) >= 11 is 12.1. The van der Waals surface area contributed by atoms with Crippen molar-refractivity contribution in [1.29, 1.82) is 0 Å². The molecule has 0 aliphatic heterocycles. The average Bonchev–Trinajstić information content (AvgIpc) is 3.14. The molecule has 4 rings (SSSR count). The van der Waals surface area contributed by atoms with Gasteiger partial charge >= 0.3 is 12.1 Å². The molecule has 1 heterocycles. The van der Waals surface area contributed by atoms with Crippen molar-refractivity contribution in [3.05, 3.63) is 87.6 Å². The number of aliphatic carboxylic acids is 1. The van der Waals surface area contributed by atoms with Crippen molar-refractivity contribution in [3.63, 3.8) is 0 Å². The first-order valence-corrected chi connectivity index (χ1v) is 11.0. The number of amides is 1. The number of alkyl halides is 3. The van der Waals surface area contributed by atoms with Gasteiger partial charge in [-0.15, -0.1) is 0 Å². The van der Waals surface area contributed by atoms with Crippen LogP contribution in [0.3, 0.4) is 0 Å². The third kappa shape index (κ3) is 6.60. The molecule has 5 N–H and O–H groups in total. The van der Waals surface area contributed by atoms with E-state index in [0.717, 1.165) is 16.7 Å². The quantitative estimate of drug-likeness (QED) is 0.264. The van der Waals surface area contributed by atoms with Crippen molar-refractivity contribution in [2.24, 2.45) is 5.73 Å². The topological polar surface area (TPSA) is 137 Å². The molecule has 1 amide bonds. The van der Waals surface area contributed by atoms with Crippen LogP contribution in [-0.2, 0) is 16.0 Å². The highest BCUT2D eigenvalue weighted by molar-refractivity contribution is 6.37. The normalized spacial score (nSPS) is 11.1. The van der Waals surface area contributed by atoms with Gasteiger partial charge in [0.25, 0.3) is 0 Å². The summed E-state index contributed by atoms with van der Waals surface area (Å²) in [6.45, 7) is 0. The standard InChI is InChI=1S/C23H16Cl2N2O3.C2HF3O2/c24-15-5-7-16(18(25)11-15)22(29)23-21(27)17-6-4-14(10-19(17)30-23)13-3-1-2-12(8-13)9-20(26)28;3-2(4,5)1(6)7/h1-8,10-11H,9,27H2,(H2,26,28);(H,6,7). The maximum atomic E-state index is 12.9. The lowest BCUT2D eigenvalue weighted by atomic mass is 10.0. The van der Waals surface area contributed by atoms with Crippen LogP contribution in [-0.4, -0.2) is 28.9 Å². The SMILES string of the molecule is NC(=O)Cc1cccc(-c2ccc3c(N)c(C(=O)c4ccc(Cl)cc4Cl)oc3c2)c1.O=C(O)C(F)(F)F. The Kier molecular flexibility index (Phi) is 8.15. The van der Waals surface area contributed by atoms with E-state index in [2.05, 4.69) is 0 Å². The zero-order chi connectivity index (χ0) is 27.5. The number of carbonyl (C=O) groups excluding carboxylic acids is 2. The molecular weight excluding hydrogens is 536 g/mol. The molecule has 0 unspecified atom stereocenters. The van der Waals surface area contributed by atoms with Gasteiger partial charge in [-0.2, -0.15) is 13.2 Å². The number of rotatable bonds is 5. The van der Waals surface area contributed by atoms with Gasteiger partial charge in [0, 0.05) is 16.0 Å². The smallest absolute Gasteiger partial charge is 0.475 e. The largest absolute Gasteiger partial charge is 0.490 e. The van der Waals surface area contributed by atoms with Crippen LogP contribution in [0.4, 0.5) is 18.9 Å². The molecule has 0 radical (unpaired) electrons. The molecular formula is C25H17Cl2F3N2O5. The number of primary amides is 1. The fraction of sp³-hybridized carbons (Fsp3) is 0.0800. The van der Waals surface area contributed by atoms with Crippen LogP contribution < -0.4 is 11.5 Å². The zero-order valence-electron chi connectivity index (χ0n) is 18.6. The number of hydrogen-bond acceptors (Lipinski definition) is 5. The van der Waals surface area contributed by atoms with Crippen molar-refractivity contribution < 1.29 is 37.1 Å². The van der Waals surface area contributed by atoms with Crippen LogP contribution in [0, 0.1) is 0 Å². The minimum Gasteiger partial charge on any atom is -0.475 e. The molecule has 0 saturated carbocycles. The molecule has 0 spiro atoms. The summed E-state index contributed by atoms with van der Waals surface area (Å²) in [4.78, 5) is 33.0. The Morgan fingerprint density at radius 3 is 2.19 bits per heavy atom. The molecule has 1 aromatic heterocycles. The van der Waals surface area contributed by atoms with Crippen molar-refractivity contribution in [1.82, 2.24) is 0 Å². The molecule has 0 atom stereocenters. The lowest BCUT2D eigenvalue weighted by Gasteiger charge is -2.04. The van der Waals surface area contributed by atoms with Gasteiger partial charge in [0.15, 0.2) is 5.76 Å². The molecule has 0 aliphatic rings.